The normalized spacial score (nSPS) is 15.4. The Labute approximate surface area is 121 Å². The summed E-state index contributed by atoms with van der Waals surface area (Å²) in [7, 11) is 0. The first-order valence-corrected chi connectivity index (χ1v) is 7.00. The quantitative estimate of drug-likeness (QED) is 0.625. The topological polar surface area (TPSA) is 67.1 Å². The van der Waals surface area contributed by atoms with Crippen LogP contribution in [-0.2, 0) is 6.18 Å². The molecule has 118 valence electrons. The summed E-state index contributed by atoms with van der Waals surface area (Å²) in [5, 5.41) is 0. The van der Waals surface area contributed by atoms with Crippen LogP contribution in [0.3, 0.4) is 0 Å². The van der Waals surface area contributed by atoms with Gasteiger partial charge in [-0.25, -0.2) is 15.8 Å². The molecule has 5 nitrogen and oxygen atoms in total. The van der Waals surface area contributed by atoms with E-state index in [1.165, 1.54) is 6.07 Å². The summed E-state index contributed by atoms with van der Waals surface area (Å²) in [5.74, 6) is 4.79. The molecule has 0 bridgehead atoms. The highest BCUT2D eigenvalue weighted by molar-refractivity contribution is 5.50. The Bertz CT molecular complexity index is 485. The zero-order chi connectivity index (χ0) is 15.6. The van der Waals surface area contributed by atoms with E-state index < -0.39 is 12.0 Å². The second-order valence-corrected chi connectivity index (χ2v) is 5.68. The van der Waals surface area contributed by atoms with E-state index >= 15 is 0 Å². The second kappa shape index (κ2) is 6.05. The highest BCUT2D eigenvalue weighted by atomic mass is 19.4. The van der Waals surface area contributed by atoms with Crippen molar-refractivity contribution in [3.05, 3.63) is 11.9 Å². The molecule has 0 amide bonds. The van der Waals surface area contributed by atoms with Crippen LogP contribution >= 0.6 is 0 Å². The van der Waals surface area contributed by atoms with Crippen molar-refractivity contribution < 1.29 is 13.2 Å². The molecule has 0 aromatic carbocycles. The number of aromatic nitrogens is 2. The molecule has 2 rings (SSSR count). The fraction of sp³-hybridized carbons (Fsp3) is 0.692. The number of nitrogens with two attached hydrogens (primary N) is 1. The van der Waals surface area contributed by atoms with Gasteiger partial charge in [0.2, 0.25) is 5.82 Å². The van der Waals surface area contributed by atoms with Crippen LogP contribution in [0, 0.1) is 5.92 Å². The molecule has 1 aliphatic rings. The third kappa shape index (κ3) is 4.20. The van der Waals surface area contributed by atoms with Crippen molar-refractivity contribution in [1.29, 1.82) is 0 Å². The summed E-state index contributed by atoms with van der Waals surface area (Å²) in [5.41, 5.74) is 2.18. The minimum Gasteiger partial charge on any atom is -0.353 e. The number of hydrazine groups is 1. The SMILES string of the molecule is CC(C)CCN(c1cc(NN)nc(C(F)(F)F)n1)C1CC1. The predicted octanol–water partition coefficient (Wildman–Crippen LogP) is 2.80. The molecule has 1 aliphatic carbocycles. The highest BCUT2D eigenvalue weighted by Crippen LogP contribution is 2.34. The number of nitrogen functional groups attached to an aromatic ring is 1. The van der Waals surface area contributed by atoms with Gasteiger partial charge in [-0.15, -0.1) is 0 Å². The number of alkyl halides is 3. The van der Waals surface area contributed by atoms with E-state index in [2.05, 4.69) is 29.2 Å². The molecule has 1 aromatic heterocycles. The molecular weight excluding hydrogens is 283 g/mol. The van der Waals surface area contributed by atoms with Crippen LogP contribution in [0.25, 0.3) is 0 Å². The van der Waals surface area contributed by atoms with Crippen LogP contribution in [0.15, 0.2) is 6.07 Å². The molecule has 21 heavy (non-hydrogen) atoms. The number of rotatable bonds is 6. The summed E-state index contributed by atoms with van der Waals surface area (Å²) in [6, 6.07) is 1.74. The van der Waals surface area contributed by atoms with Crippen LogP contribution in [0.5, 0.6) is 0 Å². The third-order valence-corrected chi connectivity index (χ3v) is 3.34. The first kappa shape index (κ1) is 15.8. The summed E-state index contributed by atoms with van der Waals surface area (Å²) < 4.78 is 38.6. The standard InChI is InChI=1S/C13H20F3N5/c1-8(2)5-6-21(9-3-4-9)11-7-10(20-17)18-12(19-11)13(14,15)16/h7-9H,3-6,17H2,1-2H3,(H,18,19,20). The van der Waals surface area contributed by atoms with Gasteiger partial charge in [0.1, 0.15) is 11.6 Å². The lowest BCUT2D eigenvalue weighted by molar-refractivity contribution is -0.144. The lowest BCUT2D eigenvalue weighted by Crippen LogP contribution is -2.30. The van der Waals surface area contributed by atoms with E-state index in [0.29, 0.717) is 12.5 Å². The van der Waals surface area contributed by atoms with Crippen molar-refractivity contribution in [3.8, 4) is 0 Å². The molecule has 0 atom stereocenters. The molecule has 1 heterocycles. The van der Waals surface area contributed by atoms with Crippen molar-refractivity contribution in [2.24, 2.45) is 11.8 Å². The smallest absolute Gasteiger partial charge is 0.353 e. The van der Waals surface area contributed by atoms with E-state index in [9.17, 15) is 13.2 Å². The number of anilines is 2. The fourth-order valence-corrected chi connectivity index (χ4v) is 2.05. The van der Waals surface area contributed by atoms with Gasteiger partial charge in [0, 0.05) is 18.7 Å². The molecule has 8 heteroatoms. The largest absolute Gasteiger partial charge is 0.451 e. The minimum absolute atomic E-state index is 0.0254. The van der Waals surface area contributed by atoms with Gasteiger partial charge >= 0.3 is 6.18 Å². The maximum Gasteiger partial charge on any atom is 0.451 e. The monoisotopic (exact) mass is 303 g/mol. The molecule has 0 unspecified atom stereocenters. The number of nitrogens with zero attached hydrogens (tertiary/aromatic N) is 3. The van der Waals surface area contributed by atoms with E-state index in [1.807, 2.05) is 4.90 Å². The van der Waals surface area contributed by atoms with E-state index in [-0.39, 0.29) is 17.7 Å². The minimum atomic E-state index is -4.59. The lowest BCUT2D eigenvalue weighted by Gasteiger charge is -2.25. The van der Waals surface area contributed by atoms with Crippen LogP contribution in [-0.4, -0.2) is 22.6 Å². The summed E-state index contributed by atoms with van der Waals surface area (Å²) in [6.07, 6.45) is -1.73. The Morgan fingerprint density at radius 3 is 2.52 bits per heavy atom. The van der Waals surface area contributed by atoms with E-state index in [1.54, 1.807) is 0 Å². The molecule has 1 saturated carbocycles. The molecule has 1 aromatic rings. The van der Waals surface area contributed by atoms with Gasteiger partial charge in [0.05, 0.1) is 0 Å². The Balaban J connectivity index is 2.30. The summed E-state index contributed by atoms with van der Waals surface area (Å²) >= 11 is 0. The van der Waals surface area contributed by atoms with Gasteiger partial charge in [-0.3, -0.25) is 0 Å². The van der Waals surface area contributed by atoms with Gasteiger partial charge in [0.25, 0.3) is 0 Å². The van der Waals surface area contributed by atoms with Crippen molar-refractivity contribution in [3.63, 3.8) is 0 Å². The molecule has 0 saturated heterocycles. The molecule has 0 spiro atoms. The Morgan fingerprint density at radius 1 is 1.38 bits per heavy atom. The predicted molar refractivity (Wildman–Crippen MR) is 74.7 cm³/mol. The van der Waals surface area contributed by atoms with Crippen LogP contribution < -0.4 is 16.2 Å². The van der Waals surface area contributed by atoms with Gasteiger partial charge in [-0.2, -0.15) is 13.2 Å². The number of halogens is 3. The van der Waals surface area contributed by atoms with E-state index in [0.717, 1.165) is 19.3 Å². The summed E-state index contributed by atoms with van der Waals surface area (Å²) in [4.78, 5) is 9.00. The maximum atomic E-state index is 12.9. The number of nitrogens with one attached hydrogen (secondary N) is 1. The van der Waals surface area contributed by atoms with Crippen molar-refractivity contribution in [1.82, 2.24) is 9.97 Å². The van der Waals surface area contributed by atoms with Gasteiger partial charge in [-0.05, 0) is 25.2 Å². The summed E-state index contributed by atoms with van der Waals surface area (Å²) in [6.45, 7) is 4.85. The Kier molecular flexibility index (Phi) is 4.55. The van der Waals surface area contributed by atoms with Crippen LogP contribution in [0.1, 0.15) is 38.9 Å². The number of hydrogen-bond donors (Lipinski definition) is 2. The average molecular weight is 303 g/mol. The molecule has 0 radical (unpaired) electrons. The van der Waals surface area contributed by atoms with Crippen molar-refractivity contribution in [2.75, 3.05) is 16.9 Å². The fourth-order valence-electron chi connectivity index (χ4n) is 2.05. The van der Waals surface area contributed by atoms with Crippen LogP contribution in [0.2, 0.25) is 0 Å². The van der Waals surface area contributed by atoms with Crippen molar-refractivity contribution in [2.45, 2.75) is 45.3 Å². The zero-order valence-electron chi connectivity index (χ0n) is 12.1. The van der Waals surface area contributed by atoms with Gasteiger partial charge < -0.3 is 10.3 Å². The Morgan fingerprint density at radius 2 is 2.05 bits per heavy atom. The van der Waals surface area contributed by atoms with Gasteiger partial charge in [-0.1, -0.05) is 13.8 Å². The first-order chi connectivity index (χ1) is 9.81. The molecule has 1 fully saturated rings. The average Bonchev–Trinajstić information content (AvgIpc) is 3.22. The third-order valence-electron chi connectivity index (χ3n) is 3.34. The lowest BCUT2D eigenvalue weighted by atomic mass is 10.1. The molecule has 3 N–H and O–H groups in total. The maximum absolute atomic E-state index is 12.9. The van der Waals surface area contributed by atoms with E-state index in [4.69, 9.17) is 5.84 Å². The van der Waals surface area contributed by atoms with Crippen molar-refractivity contribution >= 4 is 11.6 Å². The van der Waals surface area contributed by atoms with Gasteiger partial charge in [0.15, 0.2) is 0 Å². The zero-order valence-corrected chi connectivity index (χ0v) is 12.1. The highest BCUT2D eigenvalue weighted by Gasteiger charge is 2.37. The Hall–Kier alpha value is -1.57. The number of hydrogen-bond acceptors (Lipinski definition) is 5. The van der Waals surface area contributed by atoms with Crippen LogP contribution in [0.4, 0.5) is 24.8 Å². The first-order valence-electron chi connectivity index (χ1n) is 7.00. The molecular formula is C13H20F3N5. The second-order valence-electron chi connectivity index (χ2n) is 5.68. The molecule has 0 aliphatic heterocycles.